The zero-order valence-electron chi connectivity index (χ0n) is 16.5. The van der Waals surface area contributed by atoms with Crippen molar-refractivity contribution in [3.8, 4) is 0 Å². The zero-order valence-corrected chi connectivity index (χ0v) is 16.5. The van der Waals surface area contributed by atoms with E-state index in [1.165, 1.54) is 18.9 Å². The first kappa shape index (κ1) is 18.5. The van der Waals surface area contributed by atoms with Crippen molar-refractivity contribution in [1.82, 2.24) is 0 Å². The summed E-state index contributed by atoms with van der Waals surface area (Å²) in [6.45, 7) is 10.4. The van der Waals surface area contributed by atoms with Crippen molar-refractivity contribution in [3.63, 3.8) is 0 Å². The van der Waals surface area contributed by atoms with Crippen LogP contribution in [0.25, 0.3) is 0 Å². The Labute approximate surface area is 157 Å². The first-order valence-electron chi connectivity index (χ1n) is 10.3. The highest BCUT2D eigenvalue weighted by Crippen LogP contribution is 2.72. The fraction of sp³-hybridized carbons (Fsp3) is 0.864. The monoisotopic (exact) mass is 362 g/mol. The highest BCUT2D eigenvalue weighted by Gasteiger charge is 2.68. The second-order valence-electron chi connectivity index (χ2n) is 10.2. The Morgan fingerprint density at radius 1 is 1.19 bits per heavy atom. The zero-order chi connectivity index (χ0) is 18.9. The van der Waals surface area contributed by atoms with Crippen LogP contribution in [0.15, 0.2) is 12.2 Å². The molecule has 0 amide bonds. The average molecular weight is 363 g/mol. The van der Waals surface area contributed by atoms with E-state index in [1.54, 1.807) is 0 Å². The number of hydrogen-bond donors (Lipinski definition) is 2. The Morgan fingerprint density at radius 3 is 2.62 bits per heavy atom. The molecule has 4 aliphatic carbocycles. The van der Waals surface area contributed by atoms with E-state index in [0.717, 1.165) is 32.1 Å². The quantitative estimate of drug-likeness (QED) is 0.583. The van der Waals surface area contributed by atoms with Crippen molar-refractivity contribution in [2.24, 2.45) is 34.0 Å². The van der Waals surface area contributed by atoms with Crippen LogP contribution in [-0.2, 0) is 9.53 Å². The van der Waals surface area contributed by atoms with E-state index in [2.05, 4.69) is 20.4 Å². The van der Waals surface area contributed by atoms with Gasteiger partial charge in [-0.05, 0) is 68.1 Å². The number of aliphatic hydroxyl groups excluding tert-OH is 2. The maximum Gasteiger partial charge on any atom is 0.302 e. The molecule has 4 nitrogen and oxygen atoms in total. The maximum atomic E-state index is 11.4. The topological polar surface area (TPSA) is 66.8 Å². The van der Waals surface area contributed by atoms with Crippen LogP contribution in [0.5, 0.6) is 0 Å². The smallest absolute Gasteiger partial charge is 0.302 e. The molecule has 26 heavy (non-hydrogen) atoms. The summed E-state index contributed by atoms with van der Waals surface area (Å²) in [6, 6.07) is 0. The summed E-state index contributed by atoms with van der Waals surface area (Å²) in [5.41, 5.74) is 0.902. The molecule has 4 saturated carbocycles. The summed E-state index contributed by atoms with van der Waals surface area (Å²) < 4.78 is 5.40. The number of aliphatic hydroxyl groups is 2. The molecule has 1 spiro atoms. The number of allylic oxidation sites excluding steroid dienone is 1. The molecule has 146 valence electrons. The lowest BCUT2D eigenvalue weighted by atomic mass is 9.40. The number of carbonyl (C=O) groups is 1. The maximum absolute atomic E-state index is 11.4. The highest BCUT2D eigenvalue weighted by molar-refractivity contribution is 5.65. The van der Waals surface area contributed by atoms with E-state index in [-0.39, 0.29) is 35.4 Å². The van der Waals surface area contributed by atoms with Crippen molar-refractivity contribution in [2.75, 3.05) is 6.61 Å². The standard InChI is InChI=1S/C22H34O4/c1-13-10-22-11-15(13)5-6-16(22)20(3)8-7-18(24)21(4,12-26-14(2)23)17(20)9-19(22)25/h15-19,24-25H,1,5-12H2,2-4H3/t15-,16-,17-,18+,19-,20-,21+,22-/m0/s1. The van der Waals surface area contributed by atoms with Gasteiger partial charge in [0, 0.05) is 17.8 Å². The van der Waals surface area contributed by atoms with E-state index in [0.29, 0.717) is 18.3 Å². The van der Waals surface area contributed by atoms with Crippen molar-refractivity contribution in [1.29, 1.82) is 0 Å². The van der Waals surface area contributed by atoms with Crippen LogP contribution in [0.3, 0.4) is 0 Å². The van der Waals surface area contributed by atoms with Gasteiger partial charge in [0.25, 0.3) is 0 Å². The van der Waals surface area contributed by atoms with Gasteiger partial charge in [-0.1, -0.05) is 26.0 Å². The van der Waals surface area contributed by atoms with Gasteiger partial charge in [-0.25, -0.2) is 0 Å². The van der Waals surface area contributed by atoms with E-state index < -0.39 is 11.5 Å². The normalized spacial score (nSPS) is 53.0. The molecule has 4 heteroatoms. The molecule has 0 aromatic carbocycles. The summed E-state index contributed by atoms with van der Waals surface area (Å²) in [5.74, 6) is 0.909. The SMILES string of the molecule is C=C1C[C@]23C[C@@H]1CC[C@H]2[C@]1(C)CC[C@@H](O)[C@](C)(COC(C)=O)[C@H]1C[C@@H]3O. The summed E-state index contributed by atoms with van der Waals surface area (Å²) >= 11 is 0. The predicted octanol–water partition coefficient (Wildman–Crippen LogP) is 3.46. The Balaban J connectivity index is 1.72. The molecule has 4 aliphatic rings. The van der Waals surface area contributed by atoms with Crippen LogP contribution >= 0.6 is 0 Å². The van der Waals surface area contributed by atoms with Crippen LogP contribution in [0.1, 0.15) is 65.7 Å². The molecule has 8 atom stereocenters. The van der Waals surface area contributed by atoms with E-state index >= 15 is 0 Å². The summed E-state index contributed by atoms with van der Waals surface area (Å²) in [6.07, 6.45) is 5.98. The molecule has 4 rings (SSSR count). The van der Waals surface area contributed by atoms with Crippen LogP contribution in [0.2, 0.25) is 0 Å². The van der Waals surface area contributed by atoms with Crippen molar-refractivity contribution >= 4 is 5.97 Å². The number of esters is 1. The molecule has 0 aromatic heterocycles. The predicted molar refractivity (Wildman–Crippen MR) is 99.2 cm³/mol. The van der Waals surface area contributed by atoms with Crippen molar-refractivity contribution < 1.29 is 19.7 Å². The average Bonchev–Trinajstić information content (AvgIpc) is 2.83. The van der Waals surface area contributed by atoms with Crippen LogP contribution in [0.4, 0.5) is 0 Å². The van der Waals surface area contributed by atoms with Crippen molar-refractivity contribution in [3.05, 3.63) is 12.2 Å². The number of hydrogen-bond acceptors (Lipinski definition) is 4. The second-order valence-corrected chi connectivity index (χ2v) is 10.2. The lowest BCUT2D eigenvalue weighted by molar-refractivity contribution is -0.232. The van der Waals surface area contributed by atoms with Gasteiger partial charge in [0.15, 0.2) is 0 Å². The third-order valence-electron chi connectivity index (χ3n) is 9.07. The van der Waals surface area contributed by atoms with Crippen LogP contribution in [0, 0.1) is 34.0 Å². The van der Waals surface area contributed by atoms with E-state index in [9.17, 15) is 15.0 Å². The first-order chi connectivity index (χ1) is 12.1. The van der Waals surface area contributed by atoms with Gasteiger partial charge < -0.3 is 14.9 Å². The largest absolute Gasteiger partial charge is 0.465 e. The number of ether oxygens (including phenoxy) is 1. The number of carbonyl (C=O) groups excluding carboxylic acids is 1. The first-order valence-corrected chi connectivity index (χ1v) is 10.3. The Kier molecular flexibility index (Phi) is 4.13. The summed E-state index contributed by atoms with van der Waals surface area (Å²) in [4.78, 5) is 11.4. The summed E-state index contributed by atoms with van der Waals surface area (Å²) in [5, 5.41) is 22.2. The molecule has 0 saturated heterocycles. The molecule has 2 bridgehead atoms. The van der Waals surface area contributed by atoms with Gasteiger partial charge in [-0.2, -0.15) is 0 Å². The minimum Gasteiger partial charge on any atom is -0.465 e. The number of rotatable bonds is 2. The highest BCUT2D eigenvalue weighted by atomic mass is 16.5. The molecule has 2 N–H and O–H groups in total. The lowest BCUT2D eigenvalue weighted by Gasteiger charge is -2.66. The van der Waals surface area contributed by atoms with Gasteiger partial charge in [0.1, 0.15) is 0 Å². The van der Waals surface area contributed by atoms with Gasteiger partial charge in [-0.15, -0.1) is 0 Å². The fourth-order valence-electron chi connectivity index (χ4n) is 7.75. The lowest BCUT2D eigenvalue weighted by Crippen LogP contribution is -2.65. The van der Waals surface area contributed by atoms with Gasteiger partial charge in [0.2, 0.25) is 0 Å². The Morgan fingerprint density at radius 2 is 1.92 bits per heavy atom. The number of fused-ring (bicyclic) bond motifs is 3. The van der Waals surface area contributed by atoms with Crippen LogP contribution < -0.4 is 0 Å². The molecular weight excluding hydrogens is 328 g/mol. The fourth-order valence-corrected chi connectivity index (χ4v) is 7.75. The van der Waals surface area contributed by atoms with E-state index in [4.69, 9.17) is 4.74 Å². The second kappa shape index (κ2) is 5.81. The van der Waals surface area contributed by atoms with Gasteiger partial charge in [-0.3, -0.25) is 4.79 Å². The van der Waals surface area contributed by atoms with Gasteiger partial charge >= 0.3 is 5.97 Å². The third-order valence-corrected chi connectivity index (χ3v) is 9.07. The minimum atomic E-state index is -0.492. The van der Waals surface area contributed by atoms with E-state index in [1.807, 2.05) is 0 Å². The molecule has 0 aromatic rings. The molecule has 0 radical (unpaired) electrons. The Hall–Kier alpha value is -0.870. The molecule has 4 fully saturated rings. The molecule has 0 unspecified atom stereocenters. The van der Waals surface area contributed by atoms with Crippen LogP contribution in [-0.4, -0.2) is 35.0 Å². The van der Waals surface area contributed by atoms with Crippen molar-refractivity contribution in [2.45, 2.75) is 77.9 Å². The molecular formula is C22H34O4. The molecule has 0 heterocycles. The van der Waals surface area contributed by atoms with Gasteiger partial charge in [0.05, 0.1) is 18.8 Å². The molecule has 0 aliphatic heterocycles. The Bertz CT molecular complexity index is 630. The minimum absolute atomic E-state index is 0.0180. The summed E-state index contributed by atoms with van der Waals surface area (Å²) in [7, 11) is 0. The third kappa shape index (κ3) is 2.30.